The molecule has 1 saturated heterocycles. The number of amides is 2. The van der Waals surface area contributed by atoms with Crippen molar-refractivity contribution in [3.05, 3.63) is 0 Å². The van der Waals surface area contributed by atoms with Gasteiger partial charge < -0.3 is 10.2 Å². The van der Waals surface area contributed by atoms with E-state index in [9.17, 15) is 14.4 Å². The summed E-state index contributed by atoms with van der Waals surface area (Å²) in [5.41, 5.74) is 0. The number of ketones is 1. The van der Waals surface area contributed by atoms with Gasteiger partial charge in [-0.1, -0.05) is 0 Å². The third kappa shape index (κ3) is 3.81. The highest BCUT2D eigenvalue weighted by Gasteiger charge is 2.41. The predicted octanol–water partition coefficient (Wildman–Crippen LogP) is 0.478. The van der Waals surface area contributed by atoms with Gasteiger partial charge in [0.1, 0.15) is 0 Å². The zero-order valence-corrected chi connectivity index (χ0v) is 12.5. The number of carbonyl (C=O) groups excluding carboxylic acids is 3. The first-order chi connectivity index (χ1) is 9.92. The van der Waals surface area contributed by atoms with E-state index in [2.05, 4.69) is 5.32 Å². The van der Waals surface area contributed by atoms with Gasteiger partial charge in [0.2, 0.25) is 11.8 Å². The van der Waals surface area contributed by atoms with Crippen molar-refractivity contribution in [2.75, 3.05) is 13.1 Å². The molecule has 2 aliphatic rings. The molecule has 2 amide bonds. The van der Waals surface area contributed by atoms with Crippen LogP contribution in [-0.4, -0.2) is 41.6 Å². The smallest absolute Gasteiger partial charge is 0.245 e. The summed E-state index contributed by atoms with van der Waals surface area (Å²) in [6.07, 6.45) is 2.40. The summed E-state index contributed by atoms with van der Waals surface area (Å²) in [5, 5.41) is 11.7. The van der Waals surface area contributed by atoms with Gasteiger partial charge in [0.15, 0.2) is 11.7 Å². The number of rotatable bonds is 6. The van der Waals surface area contributed by atoms with E-state index in [0.717, 1.165) is 12.8 Å². The van der Waals surface area contributed by atoms with E-state index < -0.39 is 23.5 Å². The molecule has 2 atom stereocenters. The third-order valence-corrected chi connectivity index (χ3v) is 3.90. The highest BCUT2D eigenvalue weighted by molar-refractivity contribution is 6.06. The molecule has 6 nitrogen and oxygen atoms in total. The summed E-state index contributed by atoms with van der Waals surface area (Å²) in [4.78, 5) is 37.8. The molecule has 1 aliphatic carbocycles. The molecule has 1 heterocycles. The lowest BCUT2D eigenvalue weighted by Gasteiger charge is -2.17. The van der Waals surface area contributed by atoms with E-state index >= 15 is 0 Å². The van der Waals surface area contributed by atoms with Crippen molar-refractivity contribution in [1.29, 1.82) is 5.26 Å². The SMILES string of the molecule is CC(C)NC(=O)[C@@H](C#N)C(=O)[C@H]1CC(=O)N(CC2CC2)C1. The molecule has 114 valence electrons. The Hall–Kier alpha value is -1.90. The second-order valence-corrected chi connectivity index (χ2v) is 6.27. The maximum absolute atomic E-state index is 12.3. The first-order valence-electron chi connectivity index (χ1n) is 7.43. The Morgan fingerprint density at radius 2 is 2.10 bits per heavy atom. The Kier molecular flexibility index (Phi) is 4.61. The molecule has 21 heavy (non-hydrogen) atoms. The Labute approximate surface area is 124 Å². The highest BCUT2D eigenvalue weighted by Crippen LogP contribution is 2.32. The molecule has 0 spiro atoms. The van der Waals surface area contributed by atoms with Crippen molar-refractivity contribution >= 4 is 17.6 Å². The zero-order valence-electron chi connectivity index (χ0n) is 12.5. The van der Waals surface area contributed by atoms with Crippen molar-refractivity contribution in [1.82, 2.24) is 10.2 Å². The molecule has 1 saturated carbocycles. The van der Waals surface area contributed by atoms with E-state index in [1.54, 1.807) is 24.8 Å². The number of likely N-dealkylation sites (tertiary alicyclic amines) is 1. The van der Waals surface area contributed by atoms with Gasteiger partial charge in [-0.25, -0.2) is 0 Å². The normalized spacial score (nSPS) is 23.0. The number of nitrogens with zero attached hydrogens (tertiary/aromatic N) is 2. The highest BCUT2D eigenvalue weighted by atomic mass is 16.2. The molecular formula is C15H21N3O3. The van der Waals surface area contributed by atoms with Gasteiger partial charge in [-0.05, 0) is 32.6 Å². The maximum Gasteiger partial charge on any atom is 0.245 e. The first-order valence-corrected chi connectivity index (χ1v) is 7.43. The van der Waals surface area contributed by atoms with Crippen LogP contribution in [0.4, 0.5) is 0 Å². The Morgan fingerprint density at radius 1 is 1.43 bits per heavy atom. The Morgan fingerprint density at radius 3 is 2.62 bits per heavy atom. The van der Waals surface area contributed by atoms with E-state index in [-0.39, 0.29) is 18.4 Å². The second kappa shape index (κ2) is 6.25. The fraction of sp³-hybridized carbons (Fsp3) is 0.733. The molecule has 0 bridgehead atoms. The fourth-order valence-corrected chi connectivity index (χ4v) is 2.61. The van der Waals surface area contributed by atoms with E-state index in [0.29, 0.717) is 19.0 Å². The maximum atomic E-state index is 12.3. The van der Waals surface area contributed by atoms with Gasteiger partial charge in [0.05, 0.1) is 6.07 Å². The topological polar surface area (TPSA) is 90.3 Å². The second-order valence-electron chi connectivity index (χ2n) is 6.27. The zero-order chi connectivity index (χ0) is 15.6. The minimum atomic E-state index is -1.31. The minimum absolute atomic E-state index is 0.0405. The summed E-state index contributed by atoms with van der Waals surface area (Å²) in [5.74, 6) is -2.31. The fourth-order valence-electron chi connectivity index (χ4n) is 2.61. The average molecular weight is 291 g/mol. The van der Waals surface area contributed by atoms with Crippen LogP contribution in [-0.2, 0) is 14.4 Å². The standard InChI is InChI=1S/C15H21N3O3/c1-9(2)17-15(21)12(6-16)14(20)11-5-13(19)18(8-11)7-10-3-4-10/h9-12H,3-5,7-8H2,1-2H3,(H,17,21)/t11-,12-/m0/s1. The third-order valence-electron chi connectivity index (χ3n) is 3.90. The molecule has 0 aromatic heterocycles. The number of carbonyl (C=O) groups is 3. The molecule has 0 aromatic carbocycles. The summed E-state index contributed by atoms with van der Waals surface area (Å²) in [7, 11) is 0. The van der Waals surface area contributed by atoms with Crippen molar-refractivity contribution in [2.45, 2.75) is 39.2 Å². The molecular weight excluding hydrogens is 270 g/mol. The van der Waals surface area contributed by atoms with Crippen molar-refractivity contribution in [3.63, 3.8) is 0 Å². The van der Waals surface area contributed by atoms with E-state index in [4.69, 9.17) is 5.26 Å². The van der Waals surface area contributed by atoms with E-state index in [1.165, 1.54) is 0 Å². The van der Waals surface area contributed by atoms with Gasteiger partial charge in [-0.15, -0.1) is 0 Å². The molecule has 0 aromatic rings. The number of nitriles is 1. The molecule has 1 aliphatic heterocycles. The monoisotopic (exact) mass is 291 g/mol. The van der Waals surface area contributed by atoms with Crippen LogP contribution in [0.1, 0.15) is 33.1 Å². The van der Waals surface area contributed by atoms with E-state index in [1.807, 2.05) is 0 Å². The Balaban J connectivity index is 1.96. The summed E-state index contributed by atoms with van der Waals surface area (Å²) in [6.45, 7) is 4.60. The Bertz CT molecular complexity index is 491. The van der Waals surface area contributed by atoms with Crippen LogP contribution in [0.5, 0.6) is 0 Å². The van der Waals surface area contributed by atoms with Crippen LogP contribution in [0.15, 0.2) is 0 Å². The van der Waals surface area contributed by atoms with Gasteiger partial charge in [0, 0.05) is 31.5 Å². The van der Waals surface area contributed by atoms with Gasteiger partial charge in [-0.2, -0.15) is 5.26 Å². The van der Waals surface area contributed by atoms with Crippen molar-refractivity contribution < 1.29 is 14.4 Å². The minimum Gasteiger partial charge on any atom is -0.352 e. The molecule has 1 N–H and O–H groups in total. The molecule has 6 heteroatoms. The van der Waals surface area contributed by atoms with Crippen LogP contribution >= 0.6 is 0 Å². The van der Waals surface area contributed by atoms with Crippen molar-refractivity contribution in [3.8, 4) is 6.07 Å². The van der Waals surface area contributed by atoms with Crippen molar-refractivity contribution in [2.24, 2.45) is 17.8 Å². The summed E-state index contributed by atoms with van der Waals surface area (Å²) < 4.78 is 0. The van der Waals surface area contributed by atoms with Gasteiger partial charge >= 0.3 is 0 Å². The average Bonchev–Trinajstić information content (AvgIpc) is 3.13. The number of nitrogens with one attached hydrogen (secondary N) is 1. The predicted molar refractivity (Wildman–Crippen MR) is 74.8 cm³/mol. The molecule has 0 radical (unpaired) electrons. The molecule has 0 unspecified atom stereocenters. The first kappa shape index (κ1) is 15.5. The molecule has 2 rings (SSSR count). The van der Waals surface area contributed by atoms with Gasteiger partial charge in [-0.3, -0.25) is 14.4 Å². The van der Waals surface area contributed by atoms with Crippen LogP contribution in [0.3, 0.4) is 0 Å². The lowest BCUT2D eigenvalue weighted by Crippen LogP contribution is -2.41. The van der Waals surface area contributed by atoms with Crippen LogP contribution in [0.2, 0.25) is 0 Å². The van der Waals surface area contributed by atoms with Crippen LogP contribution in [0, 0.1) is 29.1 Å². The molecule has 2 fully saturated rings. The quantitative estimate of drug-likeness (QED) is 0.721. The van der Waals surface area contributed by atoms with Crippen LogP contribution in [0.25, 0.3) is 0 Å². The van der Waals surface area contributed by atoms with Gasteiger partial charge in [0.25, 0.3) is 0 Å². The summed E-state index contributed by atoms with van der Waals surface area (Å²) in [6, 6.07) is 1.65. The number of hydrogen-bond donors (Lipinski definition) is 1. The number of hydrogen-bond acceptors (Lipinski definition) is 4. The summed E-state index contributed by atoms with van der Waals surface area (Å²) >= 11 is 0. The lowest BCUT2D eigenvalue weighted by molar-refractivity contribution is -0.134. The number of Topliss-reactive ketones (excluding diaryl/α,β-unsaturated/α-hetero) is 1. The van der Waals surface area contributed by atoms with Crippen LogP contribution < -0.4 is 5.32 Å². The largest absolute Gasteiger partial charge is 0.352 e. The lowest BCUT2D eigenvalue weighted by atomic mass is 9.92.